The smallest absolute Gasteiger partial charge is 0.338 e. The molecule has 0 radical (unpaired) electrons. The number of ether oxygens (including phenoxy) is 2. The Morgan fingerprint density at radius 2 is 1.95 bits per heavy atom. The second kappa shape index (κ2) is 8.83. The molecule has 3 nitrogen and oxygen atoms in total. The minimum absolute atomic E-state index is 0.137. The van der Waals surface area contributed by atoms with Gasteiger partial charge in [-0.15, -0.1) is 0 Å². The van der Waals surface area contributed by atoms with Gasteiger partial charge in [-0.25, -0.2) is 4.79 Å². The van der Waals surface area contributed by atoms with Crippen molar-refractivity contribution in [3.05, 3.63) is 35.4 Å². The highest BCUT2D eigenvalue weighted by Crippen LogP contribution is 2.13. The second-order valence-corrected chi connectivity index (χ2v) is 6.55. The number of unbranched alkanes of at least 4 members (excludes halogenated alkanes) is 1. The Bertz CT molecular complexity index is 432. The molecule has 1 aromatic rings. The molecule has 3 heteroatoms. The van der Waals surface area contributed by atoms with E-state index in [1.807, 2.05) is 12.1 Å². The van der Waals surface area contributed by atoms with E-state index in [9.17, 15) is 4.79 Å². The molecule has 1 rings (SSSR count). The van der Waals surface area contributed by atoms with Gasteiger partial charge in [0.05, 0.1) is 18.8 Å². The monoisotopic (exact) mass is 292 g/mol. The molecule has 0 N–H and O–H groups in total. The summed E-state index contributed by atoms with van der Waals surface area (Å²) in [5.74, 6) is -0.271. The molecular weight excluding hydrogens is 264 g/mol. The highest BCUT2D eigenvalue weighted by atomic mass is 16.6. The molecule has 0 atom stereocenters. The quantitative estimate of drug-likeness (QED) is 0.531. The molecule has 0 aliphatic carbocycles. The van der Waals surface area contributed by atoms with Crippen LogP contribution in [0.2, 0.25) is 0 Å². The van der Waals surface area contributed by atoms with Crippen LogP contribution in [0.5, 0.6) is 0 Å². The Hall–Kier alpha value is -1.35. The van der Waals surface area contributed by atoms with Gasteiger partial charge in [-0.3, -0.25) is 0 Å². The number of aryl methyl sites for hydroxylation is 1. The summed E-state index contributed by atoms with van der Waals surface area (Å²) in [6.45, 7) is 9.90. The van der Waals surface area contributed by atoms with Crippen LogP contribution >= 0.6 is 0 Å². The lowest BCUT2D eigenvalue weighted by atomic mass is 9.99. The molecule has 0 fully saturated rings. The summed E-state index contributed by atoms with van der Waals surface area (Å²) in [5, 5.41) is 0. The largest absolute Gasteiger partial charge is 0.460 e. The zero-order valence-electron chi connectivity index (χ0n) is 13.8. The molecule has 118 valence electrons. The van der Waals surface area contributed by atoms with Crippen LogP contribution in [0.15, 0.2) is 24.3 Å². The molecule has 21 heavy (non-hydrogen) atoms. The van der Waals surface area contributed by atoms with Crippen LogP contribution in [0.4, 0.5) is 0 Å². The molecule has 0 amide bonds. The fraction of sp³-hybridized carbons (Fsp3) is 0.611. The lowest BCUT2D eigenvalue weighted by Gasteiger charge is -2.17. The van der Waals surface area contributed by atoms with Crippen molar-refractivity contribution in [2.75, 3.05) is 19.8 Å². The number of carbonyl (C=O) groups excluding carboxylic acids is 1. The van der Waals surface area contributed by atoms with E-state index in [0.717, 1.165) is 19.3 Å². The minimum Gasteiger partial charge on any atom is -0.460 e. The fourth-order valence-corrected chi connectivity index (χ4v) is 1.89. The van der Waals surface area contributed by atoms with Gasteiger partial charge in [0.2, 0.25) is 0 Å². The summed E-state index contributed by atoms with van der Waals surface area (Å²) in [5.41, 5.74) is 1.95. The third kappa shape index (κ3) is 7.86. The van der Waals surface area contributed by atoms with Crippen LogP contribution in [0, 0.1) is 5.41 Å². The average Bonchev–Trinajstić information content (AvgIpc) is 2.43. The predicted octanol–water partition coefficient (Wildman–Crippen LogP) is 4.25. The maximum atomic E-state index is 12.0. The summed E-state index contributed by atoms with van der Waals surface area (Å²) in [4.78, 5) is 12.0. The first kappa shape index (κ1) is 17.7. The van der Waals surface area contributed by atoms with Crippen LogP contribution in [0.25, 0.3) is 0 Å². The van der Waals surface area contributed by atoms with Gasteiger partial charge in [0.15, 0.2) is 0 Å². The van der Waals surface area contributed by atoms with E-state index in [1.54, 1.807) is 6.07 Å². The summed E-state index contributed by atoms with van der Waals surface area (Å²) < 4.78 is 10.7. The number of hydrogen-bond acceptors (Lipinski definition) is 3. The minimum atomic E-state index is -0.271. The maximum absolute atomic E-state index is 12.0. The molecule has 0 aromatic heterocycles. The lowest BCUT2D eigenvalue weighted by molar-refractivity contribution is 0.0179. The Kier molecular flexibility index (Phi) is 7.44. The molecule has 0 saturated carbocycles. The third-order valence-corrected chi connectivity index (χ3v) is 2.98. The summed E-state index contributed by atoms with van der Waals surface area (Å²) in [7, 11) is 0. The molecule has 0 spiro atoms. The standard InChI is InChI=1S/C18H28O3/c1-5-6-8-15-9-7-10-16(13-15)17(19)21-12-11-20-14-18(2,3)4/h7,9-10,13H,5-6,8,11-12,14H2,1-4H3. The Morgan fingerprint density at radius 3 is 2.62 bits per heavy atom. The topological polar surface area (TPSA) is 35.5 Å². The van der Waals surface area contributed by atoms with Gasteiger partial charge in [0.1, 0.15) is 6.61 Å². The first-order valence-corrected chi connectivity index (χ1v) is 7.76. The molecule has 0 heterocycles. The number of hydrogen-bond donors (Lipinski definition) is 0. The number of esters is 1. The first-order chi connectivity index (χ1) is 9.92. The van der Waals surface area contributed by atoms with Gasteiger partial charge in [-0.2, -0.15) is 0 Å². The molecule has 1 aromatic carbocycles. The van der Waals surface area contributed by atoms with Crippen molar-refractivity contribution >= 4 is 5.97 Å². The second-order valence-electron chi connectivity index (χ2n) is 6.55. The predicted molar refractivity (Wildman–Crippen MR) is 85.6 cm³/mol. The summed E-state index contributed by atoms with van der Waals surface area (Å²) in [6.07, 6.45) is 3.30. The molecule has 0 saturated heterocycles. The van der Waals surface area contributed by atoms with Gasteiger partial charge >= 0.3 is 5.97 Å². The van der Waals surface area contributed by atoms with E-state index in [0.29, 0.717) is 25.4 Å². The van der Waals surface area contributed by atoms with Gasteiger partial charge in [-0.05, 0) is 36.0 Å². The van der Waals surface area contributed by atoms with Crippen LogP contribution in [-0.2, 0) is 15.9 Å². The Morgan fingerprint density at radius 1 is 1.19 bits per heavy atom. The van der Waals surface area contributed by atoms with Crippen LogP contribution in [0.1, 0.15) is 56.5 Å². The highest BCUT2D eigenvalue weighted by molar-refractivity contribution is 5.89. The molecule has 0 unspecified atom stereocenters. The van der Waals surface area contributed by atoms with E-state index in [1.165, 1.54) is 5.56 Å². The lowest BCUT2D eigenvalue weighted by Crippen LogP contribution is -2.18. The molecular formula is C18H28O3. The van der Waals surface area contributed by atoms with Crippen molar-refractivity contribution in [3.63, 3.8) is 0 Å². The van der Waals surface area contributed by atoms with Crippen molar-refractivity contribution < 1.29 is 14.3 Å². The number of benzene rings is 1. The maximum Gasteiger partial charge on any atom is 0.338 e. The Balaban J connectivity index is 2.35. The highest BCUT2D eigenvalue weighted by Gasteiger charge is 2.11. The number of carbonyl (C=O) groups is 1. The summed E-state index contributed by atoms with van der Waals surface area (Å²) >= 11 is 0. The molecule has 0 aliphatic rings. The molecule has 0 aliphatic heterocycles. The van der Waals surface area contributed by atoms with Crippen LogP contribution in [0.3, 0.4) is 0 Å². The van der Waals surface area contributed by atoms with Crippen LogP contribution in [-0.4, -0.2) is 25.8 Å². The van der Waals surface area contributed by atoms with Crippen molar-refractivity contribution in [2.24, 2.45) is 5.41 Å². The van der Waals surface area contributed by atoms with E-state index in [4.69, 9.17) is 9.47 Å². The zero-order chi connectivity index (χ0) is 15.7. The SMILES string of the molecule is CCCCc1cccc(C(=O)OCCOCC(C)(C)C)c1. The van der Waals surface area contributed by atoms with Gasteiger partial charge in [-0.1, -0.05) is 46.2 Å². The van der Waals surface area contributed by atoms with Crippen molar-refractivity contribution in [1.29, 1.82) is 0 Å². The number of rotatable bonds is 8. The van der Waals surface area contributed by atoms with Gasteiger partial charge in [0, 0.05) is 0 Å². The first-order valence-electron chi connectivity index (χ1n) is 7.76. The fourth-order valence-electron chi connectivity index (χ4n) is 1.89. The molecule has 0 bridgehead atoms. The van der Waals surface area contributed by atoms with Gasteiger partial charge in [0.25, 0.3) is 0 Å². The van der Waals surface area contributed by atoms with Crippen molar-refractivity contribution in [2.45, 2.75) is 47.0 Å². The van der Waals surface area contributed by atoms with Gasteiger partial charge < -0.3 is 9.47 Å². The van der Waals surface area contributed by atoms with Crippen molar-refractivity contribution in [3.8, 4) is 0 Å². The normalized spacial score (nSPS) is 11.4. The zero-order valence-corrected chi connectivity index (χ0v) is 13.8. The van der Waals surface area contributed by atoms with E-state index >= 15 is 0 Å². The summed E-state index contributed by atoms with van der Waals surface area (Å²) in [6, 6.07) is 7.69. The van der Waals surface area contributed by atoms with Crippen LogP contribution < -0.4 is 0 Å². The average molecular weight is 292 g/mol. The Labute approximate surface area is 128 Å². The third-order valence-electron chi connectivity index (χ3n) is 2.98. The van der Waals surface area contributed by atoms with Crippen molar-refractivity contribution in [1.82, 2.24) is 0 Å². The van der Waals surface area contributed by atoms with E-state index < -0.39 is 0 Å². The van der Waals surface area contributed by atoms with E-state index in [-0.39, 0.29) is 11.4 Å². The van der Waals surface area contributed by atoms with E-state index in [2.05, 4.69) is 33.8 Å².